The lowest BCUT2D eigenvalue weighted by Crippen LogP contribution is -2.53. The van der Waals surface area contributed by atoms with Crippen molar-refractivity contribution in [3.8, 4) is 17.0 Å². The lowest BCUT2D eigenvalue weighted by Gasteiger charge is -2.37. The van der Waals surface area contributed by atoms with Crippen LogP contribution in [-0.2, 0) is 11.2 Å². The Morgan fingerprint density at radius 1 is 1.00 bits per heavy atom. The van der Waals surface area contributed by atoms with Crippen LogP contribution < -0.4 is 10.1 Å². The van der Waals surface area contributed by atoms with Crippen molar-refractivity contribution in [1.82, 2.24) is 20.5 Å². The molecule has 0 saturated carbocycles. The molecule has 2 aromatic carbocycles. The number of alkyl halides is 1. The van der Waals surface area contributed by atoms with Gasteiger partial charge in [-0.2, -0.15) is 5.10 Å². The van der Waals surface area contributed by atoms with Crippen molar-refractivity contribution in [1.29, 1.82) is 0 Å². The number of methoxy groups -OCH3 is 1. The van der Waals surface area contributed by atoms with E-state index in [9.17, 15) is 19.4 Å². The number of fused-ring (bicyclic) bond motifs is 1. The summed E-state index contributed by atoms with van der Waals surface area (Å²) in [6, 6.07) is 13.3. The van der Waals surface area contributed by atoms with Gasteiger partial charge >= 0.3 is 0 Å². The Kier molecular flexibility index (Phi) is 7.62. The summed E-state index contributed by atoms with van der Waals surface area (Å²) in [7, 11) is 1.45. The van der Waals surface area contributed by atoms with Crippen LogP contribution in [0, 0.1) is 12.7 Å². The van der Waals surface area contributed by atoms with E-state index in [1.807, 2.05) is 0 Å². The molecule has 0 aliphatic carbocycles. The third kappa shape index (κ3) is 5.78. The van der Waals surface area contributed by atoms with Crippen molar-refractivity contribution in [2.24, 2.45) is 0 Å². The third-order valence-corrected chi connectivity index (χ3v) is 6.84. The number of aryl methyl sites for hydroxylation is 1. The summed E-state index contributed by atoms with van der Waals surface area (Å²) in [6.45, 7) is 6.66. The summed E-state index contributed by atoms with van der Waals surface area (Å²) in [6.07, 6.45) is 0. The standard InChI is InChI=1S/C30H32F2N4O4/c1-17-11-19-12-20(13-24(40-6)26(19)36-35-17)27(37)33-16-30(39,29(4,5)32)25-15-21(28(2,3)38)14-23(34-25)18-7-9-22(31)10-8-18/h7-15,38-39H,16H2,1-6H3,(H,33,37)/t30-/m1/s1. The van der Waals surface area contributed by atoms with Crippen molar-refractivity contribution in [2.75, 3.05) is 13.7 Å². The average molecular weight is 551 g/mol. The number of benzene rings is 2. The molecule has 0 unspecified atom stereocenters. The number of nitrogens with zero attached hydrogens (tertiary/aromatic N) is 3. The molecule has 8 nitrogen and oxygen atoms in total. The number of aliphatic hydroxyl groups is 2. The molecule has 2 aromatic heterocycles. The van der Waals surface area contributed by atoms with Gasteiger partial charge in [0.15, 0.2) is 5.60 Å². The highest BCUT2D eigenvalue weighted by molar-refractivity contribution is 5.99. The Balaban J connectivity index is 1.75. The summed E-state index contributed by atoms with van der Waals surface area (Å²) < 4.78 is 34.7. The van der Waals surface area contributed by atoms with Gasteiger partial charge in [0.1, 0.15) is 22.8 Å². The Morgan fingerprint density at radius 2 is 1.68 bits per heavy atom. The van der Waals surface area contributed by atoms with Crippen LogP contribution in [0.3, 0.4) is 0 Å². The van der Waals surface area contributed by atoms with E-state index in [4.69, 9.17) is 4.74 Å². The molecule has 0 spiro atoms. The number of aromatic nitrogens is 3. The van der Waals surface area contributed by atoms with Crippen molar-refractivity contribution >= 4 is 16.8 Å². The molecular formula is C30H32F2N4O4. The van der Waals surface area contributed by atoms with Gasteiger partial charge in [0.05, 0.1) is 36.3 Å². The Morgan fingerprint density at radius 3 is 2.27 bits per heavy atom. The number of halogens is 2. The number of hydrogen-bond acceptors (Lipinski definition) is 7. The zero-order chi connectivity index (χ0) is 29.5. The molecule has 0 fully saturated rings. The van der Waals surface area contributed by atoms with Gasteiger partial charge in [0, 0.05) is 16.5 Å². The molecule has 0 radical (unpaired) electrons. The molecule has 1 atom stereocenters. The molecule has 4 aromatic rings. The molecule has 10 heteroatoms. The van der Waals surface area contributed by atoms with Gasteiger partial charge in [-0.25, -0.2) is 13.8 Å². The molecule has 0 aliphatic rings. The number of pyridine rings is 1. The van der Waals surface area contributed by atoms with Crippen molar-refractivity contribution in [3.05, 3.63) is 82.9 Å². The van der Waals surface area contributed by atoms with Crippen molar-refractivity contribution in [2.45, 2.75) is 51.5 Å². The highest BCUT2D eigenvalue weighted by atomic mass is 19.1. The molecule has 210 valence electrons. The van der Waals surface area contributed by atoms with E-state index in [0.717, 1.165) is 0 Å². The second-order valence-electron chi connectivity index (χ2n) is 10.8. The fraction of sp³-hybridized carbons (Fsp3) is 0.333. The number of nitrogens with one attached hydrogen (secondary N) is 1. The van der Waals surface area contributed by atoms with Crippen LogP contribution in [0.25, 0.3) is 22.2 Å². The molecule has 0 bridgehead atoms. The molecule has 4 rings (SSSR count). The van der Waals surface area contributed by atoms with Gasteiger partial charge in [-0.05, 0) is 94.8 Å². The lowest BCUT2D eigenvalue weighted by atomic mass is 9.82. The highest BCUT2D eigenvalue weighted by Gasteiger charge is 2.48. The summed E-state index contributed by atoms with van der Waals surface area (Å²) >= 11 is 0. The van der Waals surface area contributed by atoms with Gasteiger partial charge in [0.25, 0.3) is 5.91 Å². The van der Waals surface area contributed by atoms with Crippen LogP contribution in [-0.4, -0.2) is 50.6 Å². The minimum atomic E-state index is -2.32. The first kappa shape index (κ1) is 29.0. The molecule has 0 aliphatic heterocycles. The predicted molar refractivity (Wildman–Crippen MR) is 147 cm³/mol. The van der Waals surface area contributed by atoms with Crippen molar-refractivity contribution in [3.63, 3.8) is 0 Å². The largest absolute Gasteiger partial charge is 0.494 e. The van der Waals surface area contributed by atoms with Gasteiger partial charge in [-0.3, -0.25) is 4.79 Å². The maximum absolute atomic E-state index is 15.8. The lowest BCUT2D eigenvalue weighted by molar-refractivity contribution is -0.0907. The van der Waals surface area contributed by atoms with E-state index in [2.05, 4.69) is 20.5 Å². The van der Waals surface area contributed by atoms with E-state index in [0.29, 0.717) is 39.2 Å². The number of carbonyl (C=O) groups is 1. The summed E-state index contributed by atoms with van der Waals surface area (Å²) in [5.41, 5.74) is -3.62. The second-order valence-corrected chi connectivity index (χ2v) is 10.8. The summed E-state index contributed by atoms with van der Waals surface area (Å²) in [5.74, 6) is -0.700. The first-order chi connectivity index (χ1) is 18.6. The van der Waals surface area contributed by atoms with Gasteiger partial charge in [-0.1, -0.05) is 0 Å². The SMILES string of the molecule is COc1cc(C(=O)NC[C@@](O)(c2cc(C(C)(C)O)cc(-c3ccc(F)cc3)n2)C(C)(C)F)cc2cc(C)nnc12. The normalized spacial score (nSPS) is 13.7. The maximum atomic E-state index is 15.8. The van der Waals surface area contributed by atoms with Crippen LogP contribution in [0.1, 0.15) is 55.0 Å². The predicted octanol–water partition coefficient (Wildman–Crippen LogP) is 4.74. The summed E-state index contributed by atoms with van der Waals surface area (Å²) in [5, 5.41) is 34.0. The van der Waals surface area contributed by atoms with Crippen LogP contribution in [0.5, 0.6) is 5.75 Å². The number of carbonyl (C=O) groups excluding carboxylic acids is 1. The van der Waals surface area contributed by atoms with Crippen LogP contribution in [0.2, 0.25) is 0 Å². The highest BCUT2D eigenvalue weighted by Crippen LogP contribution is 2.38. The molecule has 40 heavy (non-hydrogen) atoms. The maximum Gasteiger partial charge on any atom is 0.251 e. The fourth-order valence-electron chi connectivity index (χ4n) is 4.30. The molecule has 1 amide bonds. The Hall–Kier alpha value is -4.02. The molecule has 3 N–H and O–H groups in total. The zero-order valence-corrected chi connectivity index (χ0v) is 23.2. The number of rotatable bonds is 8. The zero-order valence-electron chi connectivity index (χ0n) is 23.2. The van der Waals surface area contributed by atoms with E-state index < -0.39 is 35.1 Å². The monoisotopic (exact) mass is 550 g/mol. The van der Waals surface area contributed by atoms with E-state index in [1.54, 1.807) is 39.0 Å². The van der Waals surface area contributed by atoms with Gasteiger partial charge < -0.3 is 20.3 Å². The second kappa shape index (κ2) is 10.5. The van der Waals surface area contributed by atoms with Crippen LogP contribution >= 0.6 is 0 Å². The first-order valence-corrected chi connectivity index (χ1v) is 12.7. The smallest absolute Gasteiger partial charge is 0.251 e. The first-order valence-electron chi connectivity index (χ1n) is 12.7. The summed E-state index contributed by atoms with van der Waals surface area (Å²) in [4.78, 5) is 17.8. The Bertz CT molecular complexity index is 1560. The van der Waals surface area contributed by atoms with Crippen LogP contribution in [0.15, 0.2) is 54.6 Å². The number of hydrogen-bond donors (Lipinski definition) is 3. The minimum Gasteiger partial charge on any atom is -0.494 e. The van der Waals surface area contributed by atoms with Gasteiger partial charge in [-0.15, -0.1) is 5.10 Å². The van der Waals surface area contributed by atoms with E-state index >= 15 is 4.39 Å². The van der Waals surface area contributed by atoms with E-state index in [1.165, 1.54) is 57.4 Å². The molecular weight excluding hydrogens is 518 g/mol. The molecule has 0 saturated heterocycles. The van der Waals surface area contributed by atoms with Crippen molar-refractivity contribution < 1.29 is 28.5 Å². The minimum absolute atomic E-state index is 0.110. The quantitative estimate of drug-likeness (QED) is 0.290. The third-order valence-electron chi connectivity index (χ3n) is 6.84. The molecule has 2 heterocycles. The number of amides is 1. The van der Waals surface area contributed by atoms with Crippen LogP contribution in [0.4, 0.5) is 8.78 Å². The topological polar surface area (TPSA) is 117 Å². The number of ether oxygens (including phenoxy) is 1. The fourth-order valence-corrected chi connectivity index (χ4v) is 4.30. The van der Waals surface area contributed by atoms with Gasteiger partial charge in [0.2, 0.25) is 0 Å². The Labute approximate surface area is 231 Å². The average Bonchev–Trinajstić information content (AvgIpc) is 2.89. The van der Waals surface area contributed by atoms with E-state index in [-0.39, 0.29) is 11.3 Å².